The van der Waals surface area contributed by atoms with E-state index in [9.17, 15) is 0 Å². The van der Waals surface area contributed by atoms with E-state index in [2.05, 4.69) is 23.0 Å². The summed E-state index contributed by atoms with van der Waals surface area (Å²) in [7, 11) is 0. The minimum absolute atomic E-state index is 0.713. The van der Waals surface area contributed by atoms with Crippen molar-refractivity contribution in [3.63, 3.8) is 0 Å². The number of hydrogen-bond acceptors (Lipinski definition) is 3. The molecule has 2 saturated heterocycles. The Hall–Kier alpha value is 0.270. The molecule has 0 amide bonds. The lowest BCUT2D eigenvalue weighted by molar-refractivity contribution is 0.124. The second-order valence-corrected chi connectivity index (χ2v) is 6.00. The van der Waals surface area contributed by atoms with Gasteiger partial charge in [0.1, 0.15) is 0 Å². The first-order chi connectivity index (χ1) is 7.31. The quantitative estimate of drug-likeness (QED) is 0.731. The third-order valence-electron chi connectivity index (χ3n) is 4.01. The lowest BCUT2D eigenvalue weighted by atomic mass is 10.0. The summed E-state index contributed by atoms with van der Waals surface area (Å²) in [5.41, 5.74) is 0. The Kier molecular flexibility index (Phi) is 4.35. The van der Waals surface area contributed by atoms with Gasteiger partial charge in [-0.3, -0.25) is 4.90 Å². The lowest BCUT2D eigenvalue weighted by Gasteiger charge is -2.38. The Balaban J connectivity index is 1.76. The summed E-state index contributed by atoms with van der Waals surface area (Å²) < 4.78 is 0. The van der Waals surface area contributed by atoms with Gasteiger partial charge in [-0.2, -0.15) is 0 Å². The van der Waals surface area contributed by atoms with Crippen molar-refractivity contribution in [1.82, 2.24) is 9.80 Å². The molecule has 2 heterocycles. The van der Waals surface area contributed by atoms with Gasteiger partial charge < -0.3 is 4.90 Å². The summed E-state index contributed by atoms with van der Waals surface area (Å²) in [5.74, 6) is 0. The molecule has 3 heteroatoms. The monoisotopic (exact) mass is 228 g/mol. The van der Waals surface area contributed by atoms with Crippen LogP contribution in [-0.2, 0) is 0 Å². The van der Waals surface area contributed by atoms with Gasteiger partial charge in [0, 0.05) is 19.1 Å². The van der Waals surface area contributed by atoms with E-state index in [1.165, 1.54) is 51.9 Å². The van der Waals surface area contributed by atoms with E-state index in [1.807, 2.05) is 11.8 Å². The molecule has 88 valence electrons. The van der Waals surface area contributed by atoms with Crippen molar-refractivity contribution >= 4 is 11.8 Å². The standard InChI is InChI=1S/C12H24N2S/c1-11(15-2)13-9-5-12(6-10-13)14-7-3-4-8-14/h11-12H,3-10H2,1-2H3. The van der Waals surface area contributed by atoms with E-state index < -0.39 is 0 Å². The molecule has 1 unspecified atom stereocenters. The average molecular weight is 228 g/mol. The lowest BCUT2D eigenvalue weighted by Crippen LogP contribution is -2.45. The van der Waals surface area contributed by atoms with Gasteiger partial charge in [0.2, 0.25) is 0 Å². The molecule has 0 aliphatic carbocycles. The molecule has 1 atom stereocenters. The van der Waals surface area contributed by atoms with Crippen molar-refractivity contribution in [3.8, 4) is 0 Å². The summed E-state index contributed by atoms with van der Waals surface area (Å²) in [6.07, 6.45) is 7.87. The van der Waals surface area contributed by atoms with Crippen molar-refractivity contribution in [2.45, 2.75) is 44.0 Å². The number of thioether (sulfide) groups is 1. The molecule has 2 fully saturated rings. The summed E-state index contributed by atoms with van der Waals surface area (Å²) in [4.78, 5) is 5.36. The minimum atomic E-state index is 0.713. The minimum Gasteiger partial charge on any atom is -0.300 e. The topological polar surface area (TPSA) is 6.48 Å². The molecule has 2 aliphatic heterocycles. The van der Waals surface area contributed by atoms with Crippen LogP contribution in [0.3, 0.4) is 0 Å². The highest BCUT2D eigenvalue weighted by Gasteiger charge is 2.27. The maximum Gasteiger partial charge on any atom is 0.0525 e. The largest absolute Gasteiger partial charge is 0.300 e. The number of piperidine rings is 1. The van der Waals surface area contributed by atoms with Gasteiger partial charge >= 0.3 is 0 Å². The van der Waals surface area contributed by atoms with Crippen LogP contribution in [0.4, 0.5) is 0 Å². The number of hydrogen-bond donors (Lipinski definition) is 0. The first-order valence-corrected chi connectivity index (χ1v) is 7.61. The van der Waals surface area contributed by atoms with E-state index in [4.69, 9.17) is 0 Å². The normalized spacial score (nSPS) is 28.4. The number of rotatable bonds is 3. The molecule has 0 bridgehead atoms. The third-order valence-corrected chi connectivity index (χ3v) is 4.99. The second-order valence-electron chi connectivity index (χ2n) is 4.85. The highest BCUT2D eigenvalue weighted by molar-refractivity contribution is 7.99. The molecule has 0 saturated carbocycles. The van der Waals surface area contributed by atoms with Gasteiger partial charge in [-0.05, 0) is 52.0 Å². The fourth-order valence-electron chi connectivity index (χ4n) is 2.87. The maximum absolute atomic E-state index is 2.72. The molecule has 2 aliphatic rings. The third kappa shape index (κ3) is 2.89. The van der Waals surface area contributed by atoms with Crippen LogP contribution in [0.5, 0.6) is 0 Å². The SMILES string of the molecule is CSC(C)N1CCC(N2CCCC2)CC1. The van der Waals surface area contributed by atoms with Crippen LogP contribution in [0.2, 0.25) is 0 Å². The van der Waals surface area contributed by atoms with Gasteiger partial charge in [0.25, 0.3) is 0 Å². The molecule has 2 nitrogen and oxygen atoms in total. The van der Waals surface area contributed by atoms with Crippen LogP contribution in [0.25, 0.3) is 0 Å². The maximum atomic E-state index is 2.72. The van der Waals surface area contributed by atoms with Crippen molar-refractivity contribution in [3.05, 3.63) is 0 Å². The Morgan fingerprint density at radius 3 is 2.20 bits per heavy atom. The fraction of sp³-hybridized carbons (Fsp3) is 1.00. The average Bonchev–Trinajstić information content (AvgIpc) is 2.82. The summed E-state index contributed by atoms with van der Waals surface area (Å²) in [6.45, 7) is 7.68. The summed E-state index contributed by atoms with van der Waals surface area (Å²) >= 11 is 1.98. The van der Waals surface area contributed by atoms with Crippen molar-refractivity contribution < 1.29 is 0 Å². The van der Waals surface area contributed by atoms with Crippen molar-refractivity contribution in [1.29, 1.82) is 0 Å². The first kappa shape index (κ1) is 11.7. The molecule has 2 rings (SSSR count). The second kappa shape index (κ2) is 5.55. The zero-order valence-corrected chi connectivity index (χ0v) is 10.9. The van der Waals surface area contributed by atoms with Gasteiger partial charge in [0.05, 0.1) is 5.37 Å². The predicted octanol–water partition coefficient (Wildman–Crippen LogP) is 2.26. The molecule has 15 heavy (non-hydrogen) atoms. The highest BCUT2D eigenvalue weighted by Crippen LogP contribution is 2.24. The molecule has 0 N–H and O–H groups in total. The van der Waals surface area contributed by atoms with Gasteiger partial charge in [-0.25, -0.2) is 0 Å². The number of nitrogens with zero attached hydrogens (tertiary/aromatic N) is 2. The first-order valence-electron chi connectivity index (χ1n) is 6.32. The summed E-state index contributed by atoms with van der Waals surface area (Å²) in [5, 5.41) is 0.713. The van der Waals surface area contributed by atoms with E-state index >= 15 is 0 Å². The van der Waals surface area contributed by atoms with E-state index in [0.29, 0.717) is 5.37 Å². The molecule has 0 aromatic rings. The Morgan fingerprint density at radius 2 is 1.67 bits per heavy atom. The Labute approximate surface area is 98.4 Å². The Morgan fingerprint density at radius 1 is 1.07 bits per heavy atom. The van der Waals surface area contributed by atoms with E-state index in [-0.39, 0.29) is 0 Å². The van der Waals surface area contributed by atoms with Crippen LogP contribution < -0.4 is 0 Å². The van der Waals surface area contributed by atoms with Crippen LogP contribution >= 0.6 is 11.8 Å². The highest BCUT2D eigenvalue weighted by atomic mass is 32.2. The molecular weight excluding hydrogens is 204 g/mol. The molecule has 0 radical (unpaired) electrons. The van der Waals surface area contributed by atoms with Crippen molar-refractivity contribution in [2.75, 3.05) is 32.4 Å². The van der Waals surface area contributed by atoms with Crippen LogP contribution in [0.1, 0.15) is 32.6 Å². The van der Waals surface area contributed by atoms with Crippen LogP contribution in [0, 0.1) is 0 Å². The Bertz CT molecular complexity index is 184. The molecular formula is C12H24N2S. The smallest absolute Gasteiger partial charge is 0.0525 e. The van der Waals surface area contributed by atoms with Gasteiger partial charge in [-0.1, -0.05) is 0 Å². The van der Waals surface area contributed by atoms with Crippen LogP contribution in [-0.4, -0.2) is 53.7 Å². The predicted molar refractivity (Wildman–Crippen MR) is 68.4 cm³/mol. The number of likely N-dealkylation sites (tertiary alicyclic amines) is 2. The van der Waals surface area contributed by atoms with E-state index in [1.54, 1.807) is 0 Å². The fourth-order valence-corrected chi connectivity index (χ4v) is 3.38. The van der Waals surface area contributed by atoms with Gasteiger partial charge in [0.15, 0.2) is 0 Å². The zero-order valence-electron chi connectivity index (χ0n) is 10.1. The van der Waals surface area contributed by atoms with Gasteiger partial charge in [-0.15, -0.1) is 11.8 Å². The van der Waals surface area contributed by atoms with Crippen LogP contribution in [0.15, 0.2) is 0 Å². The molecule has 0 aromatic carbocycles. The molecule has 0 spiro atoms. The summed E-state index contributed by atoms with van der Waals surface area (Å²) in [6, 6.07) is 0.901. The van der Waals surface area contributed by atoms with Crippen molar-refractivity contribution in [2.24, 2.45) is 0 Å². The molecule has 0 aromatic heterocycles. The zero-order chi connectivity index (χ0) is 10.7. The van der Waals surface area contributed by atoms with E-state index in [0.717, 1.165) is 6.04 Å².